The average molecular weight is 164 g/mol. The summed E-state index contributed by atoms with van der Waals surface area (Å²) in [4.78, 5) is 0. The van der Waals surface area contributed by atoms with E-state index in [0.29, 0.717) is 0 Å². The molecule has 1 aromatic heterocycles. The van der Waals surface area contributed by atoms with Crippen molar-refractivity contribution in [3.8, 4) is 11.5 Å². The molecule has 0 fully saturated rings. The van der Waals surface area contributed by atoms with Gasteiger partial charge in [-0.05, 0) is 0 Å². The van der Waals surface area contributed by atoms with Crippen molar-refractivity contribution in [2.24, 2.45) is 0 Å². The molecule has 1 rings (SSSR count). The monoisotopic (exact) mass is 164 g/mol. The fourth-order valence-corrected chi connectivity index (χ4v) is 1.10. The van der Waals surface area contributed by atoms with E-state index >= 15 is 0 Å². The lowest BCUT2D eigenvalue weighted by Crippen LogP contribution is -2.16. The molecule has 0 bridgehead atoms. The smallest absolute Gasteiger partial charge is 0.129 e. The molecular formula is C8H12N2Si. The standard InChI is InChI=1S/C8H12N2Si/c1-11(2,3)5-4-8-6-9-10-7-8/h6-7H,1-3H3,(H,9,10). The highest BCUT2D eigenvalue weighted by Crippen LogP contribution is 1.98. The lowest BCUT2D eigenvalue weighted by Gasteiger charge is -2.02. The third kappa shape index (κ3) is 3.05. The van der Waals surface area contributed by atoms with Gasteiger partial charge in [-0.15, -0.1) is 5.54 Å². The van der Waals surface area contributed by atoms with Crippen LogP contribution in [0.4, 0.5) is 0 Å². The number of H-pyrrole nitrogens is 1. The van der Waals surface area contributed by atoms with Crippen LogP contribution in [0.15, 0.2) is 12.4 Å². The first-order valence-electron chi connectivity index (χ1n) is 3.60. The lowest BCUT2D eigenvalue weighted by atomic mass is 10.4. The zero-order chi connectivity index (χ0) is 8.32. The Kier molecular flexibility index (Phi) is 2.15. The molecule has 0 atom stereocenters. The van der Waals surface area contributed by atoms with Gasteiger partial charge in [-0.2, -0.15) is 5.10 Å². The Morgan fingerprint density at radius 1 is 1.45 bits per heavy atom. The minimum absolute atomic E-state index is 0.979. The molecule has 0 saturated heterocycles. The molecule has 0 unspecified atom stereocenters. The van der Waals surface area contributed by atoms with Gasteiger partial charge in [0.2, 0.25) is 0 Å². The van der Waals surface area contributed by atoms with Crippen molar-refractivity contribution in [1.29, 1.82) is 0 Å². The van der Waals surface area contributed by atoms with Gasteiger partial charge in [0.25, 0.3) is 0 Å². The van der Waals surface area contributed by atoms with Crippen LogP contribution in [0.2, 0.25) is 19.6 Å². The maximum atomic E-state index is 3.81. The van der Waals surface area contributed by atoms with Crippen LogP contribution in [0.1, 0.15) is 5.56 Å². The van der Waals surface area contributed by atoms with Crippen molar-refractivity contribution < 1.29 is 0 Å². The van der Waals surface area contributed by atoms with Crippen LogP contribution >= 0.6 is 0 Å². The molecule has 1 N–H and O–H groups in total. The summed E-state index contributed by atoms with van der Waals surface area (Å²) in [6.45, 7) is 6.67. The Morgan fingerprint density at radius 3 is 2.64 bits per heavy atom. The molecule has 0 aliphatic carbocycles. The van der Waals surface area contributed by atoms with Gasteiger partial charge in [0, 0.05) is 6.20 Å². The first kappa shape index (κ1) is 8.09. The van der Waals surface area contributed by atoms with Gasteiger partial charge in [0.15, 0.2) is 0 Å². The van der Waals surface area contributed by atoms with Gasteiger partial charge in [-0.1, -0.05) is 25.6 Å². The molecule has 0 aliphatic heterocycles. The number of hydrogen-bond acceptors (Lipinski definition) is 1. The van der Waals surface area contributed by atoms with Crippen molar-refractivity contribution >= 4 is 8.07 Å². The SMILES string of the molecule is C[Si](C)(C)C#Cc1cn[nH]c1. The molecule has 0 radical (unpaired) electrons. The van der Waals surface area contributed by atoms with Crippen LogP contribution in [-0.4, -0.2) is 18.3 Å². The van der Waals surface area contributed by atoms with Gasteiger partial charge < -0.3 is 0 Å². The van der Waals surface area contributed by atoms with Crippen LogP contribution < -0.4 is 0 Å². The maximum Gasteiger partial charge on any atom is 0.129 e. The molecule has 58 valence electrons. The molecule has 0 aromatic carbocycles. The zero-order valence-corrected chi connectivity index (χ0v) is 8.10. The van der Waals surface area contributed by atoms with Crippen LogP contribution in [0.3, 0.4) is 0 Å². The second-order valence-electron chi connectivity index (χ2n) is 3.49. The van der Waals surface area contributed by atoms with Gasteiger partial charge in [0.05, 0.1) is 11.8 Å². The fraction of sp³-hybridized carbons (Fsp3) is 0.375. The molecule has 0 spiro atoms. The van der Waals surface area contributed by atoms with Crippen molar-refractivity contribution in [2.45, 2.75) is 19.6 Å². The number of aromatic nitrogens is 2. The van der Waals surface area contributed by atoms with E-state index in [4.69, 9.17) is 0 Å². The highest BCUT2D eigenvalue weighted by Gasteiger charge is 2.07. The average Bonchev–Trinajstić information content (AvgIpc) is 2.32. The summed E-state index contributed by atoms with van der Waals surface area (Å²) in [7, 11) is -1.22. The molecule has 0 aliphatic rings. The normalized spacial score (nSPS) is 10.5. The van der Waals surface area contributed by atoms with E-state index in [-0.39, 0.29) is 0 Å². The number of hydrogen-bond donors (Lipinski definition) is 1. The van der Waals surface area contributed by atoms with Crippen LogP contribution in [0.25, 0.3) is 0 Å². The number of nitrogens with one attached hydrogen (secondary N) is 1. The van der Waals surface area contributed by atoms with Crippen molar-refractivity contribution in [1.82, 2.24) is 10.2 Å². The Bertz CT molecular complexity index is 271. The lowest BCUT2D eigenvalue weighted by molar-refractivity contribution is 1.09. The fourth-order valence-electron chi connectivity index (χ4n) is 0.579. The largest absolute Gasteiger partial charge is 0.284 e. The Balaban J connectivity index is 2.74. The van der Waals surface area contributed by atoms with Gasteiger partial charge >= 0.3 is 0 Å². The quantitative estimate of drug-likeness (QED) is 0.458. The summed E-state index contributed by atoms with van der Waals surface area (Å²) in [5.41, 5.74) is 4.23. The van der Waals surface area contributed by atoms with Crippen molar-refractivity contribution in [2.75, 3.05) is 0 Å². The third-order valence-electron chi connectivity index (χ3n) is 1.08. The highest BCUT2D eigenvalue weighted by molar-refractivity contribution is 6.83. The van der Waals surface area contributed by atoms with Gasteiger partial charge in [-0.3, -0.25) is 5.10 Å². The summed E-state index contributed by atoms with van der Waals surface area (Å²) in [5, 5.41) is 6.54. The predicted molar refractivity (Wildman–Crippen MR) is 48.8 cm³/mol. The first-order chi connectivity index (χ1) is 5.08. The summed E-state index contributed by atoms with van der Waals surface area (Å²) >= 11 is 0. The topological polar surface area (TPSA) is 28.7 Å². The molecule has 2 nitrogen and oxygen atoms in total. The van der Waals surface area contributed by atoms with Crippen molar-refractivity contribution in [3.05, 3.63) is 18.0 Å². The van der Waals surface area contributed by atoms with E-state index in [9.17, 15) is 0 Å². The number of rotatable bonds is 0. The van der Waals surface area contributed by atoms with E-state index in [0.717, 1.165) is 5.56 Å². The summed E-state index contributed by atoms with van der Waals surface area (Å²) in [6.07, 6.45) is 3.56. The first-order valence-corrected chi connectivity index (χ1v) is 7.10. The Morgan fingerprint density at radius 2 is 2.18 bits per heavy atom. The van der Waals surface area contributed by atoms with E-state index in [1.165, 1.54) is 0 Å². The molecule has 1 aromatic rings. The molecule has 0 amide bonds. The van der Waals surface area contributed by atoms with Gasteiger partial charge in [0.1, 0.15) is 8.07 Å². The minimum atomic E-state index is -1.22. The Labute approximate surface area is 68.0 Å². The zero-order valence-electron chi connectivity index (χ0n) is 7.10. The summed E-state index contributed by atoms with van der Waals surface area (Å²) in [6, 6.07) is 0. The van der Waals surface area contributed by atoms with E-state index < -0.39 is 8.07 Å². The Hall–Kier alpha value is -1.01. The second-order valence-corrected chi connectivity index (χ2v) is 8.24. The summed E-state index contributed by atoms with van der Waals surface area (Å²) < 4.78 is 0. The van der Waals surface area contributed by atoms with E-state index in [1.807, 2.05) is 6.20 Å². The molecular weight excluding hydrogens is 152 g/mol. The molecule has 0 saturated carbocycles. The van der Waals surface area contributed by atoms with Crippen LogP contribution in [0.5, 0.6) is 0 Å². The van der Waals surface area contributed by atoms with Crippen molar-refractivity contribution in [3.63, 3.8) is 0 Å². The van der Waals surface area contributed by atoms with E-state index in [2.05, 4.69) is 41.3 Å². The molecule has 3 heteroatoms. The van der Waals surface area contributed by atoms with Crippen LogP contribution in [0, 0.1) is 11.5 Å². The molecule has 11 heavy (non-hydrogen) atoms. The highest BCUT2D eigenvalue weighted by atomic mass is 28.3. The number of aromatic amines is 1. The van der Waals surface area contributed by atoms with Gasteiger partial charge in [-0.25, -0.2) is 0 Å². The third-order valence-corrected chi connectivity index (χ3v) is 1.96. The minimum Gasteiger partial charge on any atom is -0.284 e. The predicted octanol–water partition coefficient (Wildman–Crippen LogP) is 1.64. The molecule has 1 heterocycles. The van der Waals surface area contributed by atoms with E-state index in [1.54, 1.807) is 6.20 Å². The number of nitrogens with zero attached hydrogens (tertiary/aromatic N) is 1. The van der Waals surface area contributed by atoms with Crippen LogP contribution in [-0.2, 0) is 0 Å². The summed E-state index contributed by atoms with van der Waals surface area (Å²) in [5.74, 6) is 3.08. The maximum absolute atomic E-state index is 3.81. The second kappa shape index (κ2) is 2.93.